The molecule has 0 bridgehead atoms. The largest absolute Gasteiger partial charge is 0.504 e. The number of aliphatic hydroxyl groups is 1. The molecular formula is C10H15NO3. The van der Waals surface area contributed by atoms with Crippen LogP contribution in [-0.2, 0) is 0 Å². The lowest BCUT2D eigenvalue weighted by atomic mass is 10.1. The van der Waals surface area contributed by atoms with Crippen molar-refractivity contribution in [1.29, 1.82) is 0 Å². The lowest BCUT2D eigenvalue weighted by molar-refractivity contribution is 0.186. The number of nitrogens with two attached hydrogens (primary N) is 1. The molecule has 0 aliphatic carbocycles. The van der Waals surface area contributed by atoms with Crippen molar-refractivity contribution in [3.05, 3.63) is 23.8 Å². The van der Waals surface area contributed by atoms with E-state index in [4.69, 9.17) is 10.5 Å². The van der Waals surface area contributed by atoms with Gasteiger partial charge in [0.1, 0.15) is 0 Å². The summed E-state index contributed by atoms with van der Waals surface area (Å²) in [4.78, 5) is 0. The SMILES string of the molecule is CCOc1cc([C@H](O)CN)ccc1O. The van der Waals surface area contributed by atoms with E-state index in [9.17, 15) is 10.2 Å². The summed E-state index contributed by atoms with van der Waals surface area (Å²) in [5.41, 5.74) is 5.96. The van der Waals surface area contributed by atoms with Crippen molar-refractivity contribution in [3.63, 3.8) is 0 Å². The first kappa shape index (κ1) is 10.8. The lowest BCUT2D eigenvalue weighted by Crippen LogP contribution is -2.11. The second-order valence-electron chi connectivity index (χ2n) is 2.91. The van der Waals surface area contributed by atoms with Crippen LogP contribution in [0.3, 0.4) is 0 Å². The van der Waals surface area contributed by atoms with Gasteiger partial charge < -0.3 is 20.7 Å². The number of aromatic hydroxyl groups is 1. The van der Waals surface area contributed by atoms with Crippen molar-refractivity contribution in [3.8, 4) is 11.5 Å². The molecule has 4 nitrogen and oxygen atoms in total. The Balaban J connectivity index is 2.93. The second-order valence-corrected chi connectivity index (χ2v) is 2.91. The Morgan fingerprint density at radius 1 is 1.50 bits per heavy atom. The smallest absolute Gasteiger partial charge is 0.161 e. The zero-order valence-corrected chi connectivity index (χ0v) is 8.10. The molecule has 0 aliphatic rings. The normalized spacial score (nSPS) is 12.5. The average molecular weight is 197 g/mol. The summed E-state index contributed by atoms with van der Waals surface area (Å²) in [6.45, 7) is 2.44. The first-order valence-electron chi connectivity index (χ1n) is 4.52. The van der Waals surface area contributed by atoms with Crippen LogP contribution in [0.15, 0.2) is 18.2 Å². The van der Waals surface area contributed by atoms with Crippen molar-refractivity contribution in [1.82, 2.24) is 0 Å². The Bertz CT molecular complexity index is 301. The van der Waals surface area contributed by atoms with E-state index in [-0.39, 0.29) is 12.3 Å². The van der Waals surface area contributed by atoms with Crippen LogP contribution in [-0.4, -0.2) is 23.4 Å². The Morgan fingerprint density at radius 3 is 2.79 bits per heavy atom. The molecule has 0 spiro atoms. The van der Waals surface area contributed by atoms with Crippen LogP contribution in [0.25, 0.3) is 0 Å². The fraction of sp³-hybridized carbons (Fsp3) is 0.400. The topological polar surface area (TPSA) is 75.7 Å². The molecule has 78 valence electrons. The van der Waals surface area contributed by atoms with Gasteiger partial charge in [-0.2, -0.15) is 0 Å². The van der Waals surface area contributed by atoms with E-state index >= 15 is 0 Å². The van der Waals surface area contributed by atoms with Gasteiger partial charge in [0.15, 0.2) is 11.5 Å². The minimum atomic E-state index is -0.713. The monoisotopic (exact) mass is 197 g/mol. The van der Waals surface area contributed by atoms with E-state index in [1.807, 2.05) is 6.92 Å². The van der Waals surface area contributed by atoms with Crippen LogP contribution in [0.1, 0.15) is 18.6 Å². The van der Waals surface area contributed by atoms with Gasteiger partial charge in [-0.3, -0.25) is 0 Å². The Hall–Kier alpha value is -1.26. The standard InChI is InChI=1S/C10H15NO3/c1-2-14-10-5-7(9(13)6-11)3-4-8(10)12/h3-5,9,12-13H,2,6,11H2,1H3/t9-/m1/s1. The molecule has 0 saturated heterocycles. The summed E-state index contributed by atoms with van der Waals surface area (Å²) >= 11 is 0. The fourth-order valence-electron chi connectivity index (χ4n) is 1.15. The quantitative estimate of drug-likeness (QED) is 0.666. The van der Waals surface area contributed by atoms with Crippen LogP contribution in [0.2, 0.25) is 0 Å². The number of hydrogen-bond donors (Lipinski definition) is 3. The molecule has 1 aromatic carbocycles. The number of aliphatic hydroxyl groups excluding tert-OH is 1. The van der Waals surface area contributed by atoms with Crippen LogP contribution in [0.5, 0.6) is 11.5 Å². The summed E-state index contributed by atoms with van der Waals surface area (Å²) in [6, 6.07) is 4.70. The molecule has 1 rings (SSSR count). The van der Waals surface area contributed by atoms with E-state index in [2.05, 4.69) is 0 Å². The van der Waals surface area contributed by atoms with Crippen molar-refractivity contribution < 1.29 is 14.9 Å². The molecule has 0 saturated carbocycles. The molecule has 14 heavy (non-hydrogen) atoms. The maximum Gasteiger partial charge on any atom is 0.161 e. The van der Waals surface area contributed by atoms with Crippen molar-refractivity contribution >= 4 is 0 Å². The first-order valence-corrected chi connectivity index (χ1v) is 4.52. The molecule has 1 atom stereocenters. The number of benzene rings is 1. The number of hydrogen-bond acceptors (Lipinski definition) is 4. The van der Waals surface area contributed by atoms with E-state index in [1.54, 1.807) is 12.1 Å². The van der Waals surface area contributed by atoms with Gasteiger partial charge in [-0.05, 0) is 24.6 Å². The Labute approximate surface area is 82.9 Å². The lowest BCUT2D eigenvalue weighted by Gasteiger charge is -2.11. The second kappa shape index (κ2) is 4.83. The highest BCUT2D eigenvalue weighted by molar-refractivity contribution is 5.42. The van der Waals surface area contributed by atoms with Crippen molar-refractivity contribution in [2.24, 2.45) is 5.73 Å². The maximum atomic E-state index is 9.45. The van der Waals surface area contributed by atoms with E-state index in [0.717, 1.165) is 0 Å². The Morgan fingerprint density at radius 2 is 2.21 bits per heavy atom. The minimum absolute atomic E-state index is 0.0693. The third-order valence-corrected chi connectivity index (χ3v) is 1.89. The predicted octanol–water partition coefficient (Wildman–Crippen LogP) is 0.783. The van der Waals surface area contributed by atoms with Gasteiger partial charge in [-0.1, -0.05) is 6.07 Å². The number of phenolic OH excluding ortho intramolecular Hbond substituents is 1. The van der Waals surface area contributed by atoms with Crippen molar-refractivity contribution in [2.45, 2.75) is 13.0 Å². The van der Waals surface area contributed by atoms with E-state index in [0.29, 0.717) is 17.9 Å². The highest BCUT2D eigenvalue weighted by atomic mass is 16.5. The number of phenols is 1. The molecule has 0 aliphatic heterocycles. The molecule has 0 aromatic heterocycles. The van der Waals surface area contributed by atoms with Gasteiger partial charge in [0.05, 0.1) is 12.7 Å². The molecule has 4 heteroatoms. The summed E-state index contributed by atoms with van der Waals surface area (Å²) in [5, 5.41) is 18.8. The highest BCUT2D eigenvalue weighted by Gasteiger charge is 2.09. The Kier molecular flexibility index (Phi) is 3.73. The van der Waals surface area contributed by atoms with Gasteiger partial charge in [-0.15, -0.1) is 0 Å². The summed E-state index contributed by atoms with van der Waals surface area (Å²) in [6.07, 6.45) is -0.713. The molecule has 1 aromatic rings. The molecular weight excluding hydrogens is 182 g/mol. The zero-order valence-electron chi connectivity index (χ0n) is 8.10. The van der Waals surface area contributed by atoms with Crippen molar-refractivity contribution in [2.75, 3.05) is 13.2 Å². The highest BCUT2D eigenvalue weighted by Crippen LogP contribution is 2.28. The van der Waals surface area contributed by atoms with Crippen LogP contribution < -0.4 is 10.5 Å². The first-order chi connectivity index (χ1) is 6.69. The van der Waals surface area contributed by atoms with Gasteiger partial charge in [-0.25, -0.2) is 0 Å². The molecule has 4 N–H and O–H groups in total. The molecule has 0 heterocycles. The van der Waals surface area contributed by atoms with Gasteiger partial charge >= 0.3 is 0 Å². The molecule has 0 amide bonds. The van der Waals surface area contributed by atoms with Gasteiger partial charge in [0, 0.05) is 6.54 Å². The number of ether oxygens (including phenoxy) is 1. The fourth-order valence-corrected chi connectivity index (χ4v) is 1.15. The van der Waals surface area contributed by atoms with Crippen LogP contribution >= 0.6 is 0 Å². The minimum Gasteiger partial charge on any atom is -0.504 e. The summed E-state index contributed by atoms with van der Waals surface area (Å²) in [7, 11) is 0. The average Bonchev–Trinajstić information content (AvgIpc) is 2.20. The predicted molar refractivity (Wildman–Crippen MR) is 53.3 cm³/mol. The zero-order chi connectivity index (χ0) is 10.6. The van der Waals surface area contributed by atoms with Crippen LogP contribution in [0, 0.1) is 0 Å². The molecule has 0 fully saturated rings. The molecule has 0 radical (unpaired) electrons. The van der Waals surface area contributed by atoms with E-state index < -0.39 is 6.10 Å². The third-order valence-electron chi connectivity index (χ3n) is 1.89. The number of rotatable bonds is 4. The van der Waals surface area contributed by atoms with Crippen LogP contribution in [0.4, 0.5) is 0 Å². The maximum absolute atomic E-state index is 9.45. The van der Waals surface area contributed by atoms with E-state index in [1.165, 1.54) is 6.07 Å². The van der Waals surface area contributed by atoms with Gasteiger partial charge in [0.2, 0.25) is 0 Å². The third kappa shape index (κ3) is 2.37. The summed E-state index contributed by atoms with van der Waals surface area (Å²) in [5.74, 6) is 0.442. The summed E-state index contributed by atoms with van der Waals surface area (Å²) < 4.78 is 5.17. The molecule has 0 unspecified atom stereocenters. The van der Waals surface area contributed by atoms with Gasteiger partial charge in [0.25, 0.3) is 0 Å².